The predicted octanol–water partition coefficient (Wildman–Crippen LogP) is 8.17. The van der Waals surface area contributed by atoms with Gasteiger partial charge in [-0.2, -0.15) is 5.26 Å². The molecule has 164 valence electrons. The Hall–Kier alpha value is -1.97. The van der Waals surface area contributed by atoms with Crippen molar-refractivity contribution >= 4 is 35.1 Å². The van der Waals surface area contributed by atoms with E-state index in [9.17, 15) is 4.39 Å². The fourth-order valence-electron chi connectivity index (χ4n) is 5.56. The van der Waals surface area contributed by atoms with Crippen LogP contribution >= 0.6 is 15.9 Å². The van der Waals surface area contributed by atoms with Gasteiger partial charge in [0.2, 0.25) is 0 Å². The van der Waals surface area contributed by atoms with Crippen molar-refractivity contribution in [1.29, 1.82) is 5.26 Å². The summed E-state index contributed by atoms with van der Waals surface area (Å²) < 4.78 is 32.2. The topological polar surface area (TPSA) is 28.7 Å². The number of nitrogens with zero attached hydrogens (tertiary/aromatic N) is 2. The molecule has 0 N–H and O–H groups in total. The van der Waals surface area contributed by atoms with E-state index in [0.717, 1.165) is 15.4 Å². The minimum atomic E-state index is -2.02. The lowest BCUT2D eigenvalue weighted by Crippen LogP contribution is -2.51. The van der Waals surface area contributed by atoms with Crippen LogP contribution in [0.2, 0.25) is 16.6 Å². The Balaban J connectivity index is 2.18. The maximum absolute atomic E-state index is 15.4. The Bertz CT molecular complexity index is 1140. The van der Waals surface area contributed by atoms with Crippen molar-refractivity contribution in [3.63, 3.8) is 0 Å². The highest BCUT2D eigenvalue weighted by molar-refractivity contribution is 9.10. The molecule has 6 heteroatoms. The predicted molar refractivity (Wildman–Crippen MR) is 130 cm³/mol. The van der Waals surface area contributed by atoms with Crippen LogP contribution in [0.1, 0.15) is 58.2 Å². The van der Waals surface area contributed by atoms with E-state index in [1.165, 1.54) is 12.1 Å². The summed E-state index contributed by atoms with van der Waals surface area (Å²) in [7, 11) is -2.02. The molecule has 0 radical (unpaired) electrons. The van der Waals surface area contributed by atoms with Crippen LogP contribution in [0.4, 0.5) is 8.78 Å². The van der Waals surface area contributed by atoms with Gasteiger partial charge in [-0.05, 0) is 68.6 Å². The van der Waals surface area contributed by atoms with E-state index < -0.39 is 14.1 Å². The Morgan fingerprint density at radius 1 is 0.968 bits per heavy atom. The van der Waals surface area contributed by atoms with Crippen molar-refractivity contribution in [3.8, 4) is 6.07 Å². The molecule has 0 amide bonds. The molecule has 3 rings (SSSR count). The lowest BCUT2D eigenvalue weighted by molar-refractivity contribution is 0.613. The number of fused-ring (bicyclic) bond motifs is 1. The second-order valence-electron chi connectivity index (χ2n) is 9.22. The fourth-order valence-corrected chi connectivity index (χ4v) is 12.8. The van der Waals surface area contributed by atoms with E-state index >= 15 is 4.39 Å². The smallest absolute Gasteiger partial charge is 0.169 e. The molecule has 0 bridgehead atoms. The minimum Gasteiger partial charge on any atom is -0.373 e. The number of rotatable bonds is 6. The first kappa shape index (κ1) is 23.7. The lowest BCUT2D eigenvalue weighted by Gasteiger charge is -2.44. The monoisotopic (exact) mass is 502 g/mol. The molecule has 0 aliphatic carbocycles. The van der Waals surface area contributed by atoms with Gasteiger partial charge in [0, 0.05) is 27.4 Å². The van der Waals surface area contributed by atoms with Crippen molar-refractivity contribution in [2.75, 3.05) is 0 Å². The van der Waals surface area contributed by atoms with Crippen molar-refractivity contribution in [1.82, 2.24) is 4.23 Å². The molecule has 1 aromatic heterocycles. The van der Waals surface area contributed by atoms with Gasteiger partial charge in [0.25, 0.3) is 0 Å². The third-order valence-corrected chi connectivity index (χ3v) is 14.4. The summed E-state index contributed by atoms with van der Waals surface area (Å²) in [5.41, 5.74) is 3.60. The highest BCUT2D eigenvalue weighted by Crippen LogP contribution is 2.45. The van der Waals surface area contributed by atoms with Crippen LogP contribution in [0, 0.1) is 23.0 Å². The van der Waals surface area contributed by atoms with Gasteiger partial charge in [-0.15, -0.1) is 0 Å². The van der Waals surface area contributed by atoms with Crippen LogP contribution in [-0.4, -0.2) is 12.5 Å². The number of hydrogen-bond acceptors (Lipinski definition) is 1. The summed E-state index contributed by atoms with van der Waals surface area (Å²) in [5, 5.41) is 10.1. The molecule has 2 nitrogen and oxygen atoms in total. The fraction of sp³-hybridized carbons (Fsp3) is 0.400. The van der Waals surface area contributed by atoms with E-state index in [1.54, 1.807) is 12.1 Å². The summed E-state index contributed by atoms with van der Waals surface area (Å²) in [6.07, 6.45) is 2.42. The number of hydrogen-bond donors (Lipinski definition) is 0. The van der Waals surface area contributed by atoms with Gasteiger partial charge in [-0.3, -0.25) is 0 Å². The maximum Gasteiger partial charge on any atom is 0.169 e. The Morgan fingerprint density at radius 3 is 2.13 bits per heavy atom. The second kappa shape index (κ2) is 8.88. The molecule has 0 spiro atoms. The molecule has 2 aromatic carbocycles. The first-order valence-corrected chi connectivity index (χ1v) is 13.7. The highest BCUT2D eigenvalue weighted by Gasteiger charge is 2.45. The van der Waals surface area contributed by atoms with Gasteiger partial charge in [0.05, 0.1) is 5.56 Å². The molecule has 0 saturated carbocycles. The molecule has 0 aliphatic rings. The standard InChI is InChI=1S/C25H29BrF2N2Si/c1-15(2)31(16(3)4,17(5)6)30-10-9-20-24(30)13-23(28)21(25(20)26)12-18-7-8-22(27)19(11-18)14-29/h7-11,13,15-17H,12H2,1-6H3. The SMILES string of the molecule is CC(C)[Si](C(C)C)(C(C)C)n1ccc2c(Br)c(Cc3ccc(F)c(C#N)c3)c(F)cc21. The maximum atomic E-state index is 15.4. The molecular weight excluding hydrogens is 474 g/mol. The van der Waals surface area contributed by atoms with Gasteiger partial charge in [0.1, 0.15) is 17.7 Å². The summed E-state index contributed by atoms with van der Waals surface area (Å²) in [6.45, 7) is 13.7. The molecule has 0 unspecified atom stereocenters. The van der Waals surface area contributed by atoms with Crippen LogP contribution in [0.3, 0.4) is 0 Å². The van der Waals surface area contributed by atoms with Crippen molar-refractivity contribution in [2.24, 2.45) is 0 Å². The zero-order valence-corrected chi connectivity index (χ0v) is 21.5. The molecular formula is C25H29BrF2N2Si. The molecule has 0 fully saturated rings. The van der Waals surface area contributed by atoms with Crippen molar-refractivity contribution in [3.05, 3.63) is 69.3 Å². The third kappa shape index (κ3) is 3.87. The highest BCUT2D eigenvalue weighted by atomic mass is 79.9. The molecule has 31 heavy (non-hydrogen) atoms. The summed E-state index contributed by atoms with van der Waals surface area (Å²) in [5.74, 6) is -0.850. The van der Waals surface area contributed by atoms with Crippen LogP contribution < -0.4 is 0 Å². The van der Waals surface area contributed by atoms with Gasteiger partial charge >= 0.3 is 0 Å². The van der Waals surface area contributed by atoms with Crippen LogP contribution in [0.25, 0.3) is 10.9 Å². The van der Waals surface area contributed by atoms with E-state index in [1.807, 2.05) is 6.07 Å². The molecule has 3 aromatic rings. The van der Waals surface area contributed by atoms with Crippen molar-refractivity contribution in [2.45, 2.75) is 64.6 Å². The molecule has 0 saturated heterocycles. The van der Waals surface area contributed by atoms with Crippen LogP contribution in [-0.2, 0) is 6.42 Å². The van der Waals surface area contributed by atoms with E-state index in [0.29, 0.717) is 27.8 Å². The summed E-state index contributed by atoms with van der Waals surface area (Å²) in [6, 6.07) is 9.94. The number of nitriles is 1. The Labute approximate surface area is 193 Å². The van der Waals surface area contributed by atoms with Crippen LogP contribution in [0.5, 0.6) is 0 Å². The minimum absolute atomic E-state index is 0.0251. The Kier molecular flexibility index (Phi) is 6.78. The normalized spacial score (nSPS) is 12.4. The average molecular weight is 504 g/mol. The first-order valence-electron chi connectivity index (χ1n) is 10.7. The van der Waals surface area contributed by atoms with E-state index in [2.05, 4.69) is 74.0 Å². The van der Waals surface area contributed by atoms with Crippen molar-refractivity contribution < 1.29 is 8.78 Å². The zero-order valence-electron chi connectivity index (χ0n) is 18.9. The average Bonchev–Trinajstić information content (AvgIpc) is 3.10. The zero-order chi connectivity index (χ0) is 23.1. The second-order valence-corrected chi connectivity index (χ2v) is 15.7. The van der Waals surface area contributed by atoms with E-state index in [-0.39, 0.29) is 17.8 Å². The number of halogens is 3. The first-order chi connectivity index (χ1) is 14.5. The quantitative estimate of drug-likeness (QED) is 0.312. The van der Waals surface area contributed by atoms with Gasteiger partial charge in [-0.1, -0.05) is 47.6 Å². The summed E-state index contributed by atoms with van der Waals surface area (Å²) >= 11 is 3.65. The lowest BCUT2D eigenvalue weighted by atomic mass is 10.0. The van der Waals surface area contributed by atoms with Gasteiger partial charge in [0.15, 0.2) is 8.24 Å². The van der Waals surface area contributed by atoms with Gasteiger partial charge in [-0.25, -0.2) is 8.78 Å². The Morgan fingerprint density at radius 2 is 1.58 bits per heavy atom. The van der Waals surface area contributed by atoms with E-state index in [4.69, 9.17) is 5.26 Å². The molecule has 0 aliphatic heterocycles. The number of aromatic nitrogens is 1. The van der Waals surface area contributed by atoms with Crippen LogP contribution in [0.15, 0.2) is 41.0 Å². The molecule has 0 atom stereocenters. The number of benzene rings is 2. The van der Waals surface area contributed by atoms with Gasteiger partial charge < -0.3 is 4.23 Å². The molecule has 1 heterocycles. The summed E-state index contributed by atoms with van der Waals surface area (Å²) in [4.78, 5) is 0. The third-order valence-electron chi connectivity index (χ3n) is 6.70. The largest absolute Gasteiger partial charge is 0.373 e.